The Hall–Kier alpha value is -1.29. The first-order chi connectivity index (χ1) is 5.11. The van der Waals surface area contributed by atoms with Gasteiger partial charge in [0, 0.05) is 13.2 Å². The second-order valence-corrected chi connectivity index (χ2v) is 2.53. The molecule has 11 heavy (non-hydrogen) atoms. The van der Waals surface area contributed by atoms with Crippen molar-refractivity contribution in [3.63, 3.8) is 0 Å². The first-order valence-electron chi connectivity index (χ1n) is 3.32. The van der Waals surface area contributed by atoms with Gasteiger partial charge in [0.2, 0.25) is 0 Å². The summed E-state index contributed by atoms with van der Waals surface area (Å²) in [6.07, 6.45) is 1.71. The van der Waals surface area contributed by atoms with Crippen LogP contribution in [0.3, 0.4) is 0 Å². The zero-order valence-corrected chi connectivity index (χ0v) is 6.70. The van der Waals surface area contributed by atoms with Crippen molar-refractivity contribution >= 4 is 11.5 Å². The standard InChI is InChI=1S/C7H12N4/c1-5-3-6(11(2)9)7(8)10-4-5/h3-4H,9H2,1-2H3,(H2,8,10). The molecule has 1 rings (SSSR count). The molecule has 0 aliphatic rings. The number of nitrogen functional groups attached to an aromatic ring is 1. The molecule has 0 bridgehead atoms. The van der Waals surface area contributed by atoms with Crippen molar-refractivity contribution in [3.05, 3.63) is 17.8 Å². The molecule has 0 saturated heterocycles. The van der Waals surface area contributed by atoms with E-state index in [9.17, 15) is 0 Å². The van der Waals surface area contributed by atoms with Gasteiger partial charge in [-0.25, -0.2) is 10.8 Å². The number of anilines is 2. The first-order valence-corrected chi connectivity index (χ1v) is 3.32. The molecule has 1 aromatic rings. The van der Waals surface area contributed by atoms with E-state index in [1.54, 1.807) is 13.2 Å². The zero-order chi connectivity index (χ0) is 8.43. The van der Waals surface area contributed by atoms with E-state index in [1.165, 1.54) is 5.01 Å². The fraction of sp³-hybridized carbons (Fsp3) is 0.286. The van der Waals surface area contributed by atoms with Crippen LogP contribution in [0.5, 0.6) is 0 Å². The topological polar surface area (TPSA) is 68.2 Å². The monoisotopic (exact) mass is 152 g/mol. The van der Waals surface area contributed by atoms with Crippen molar-refractivity contribution in [2.45, 2.75) is 6.92 Å². The maximum absolute atomic E-state index is 5.56. The lowest BCUT2D eigenvalue weighted by Gasteiger charge is -2.13. The molecular weight excluding hydrogens is 140 g/mol. The van der Waals surface area contributed by atoms with Gasteiger partial charge in [0.15, 0.2) is 0 Å². The van der Waals surface area contributed by atoms with Crippen LogP contribution >= 0.6 is 0 Å². The lowest BCUT2D eigenvalue weighted by atomic mass is 10.3. The number of nitrogens with two attached hydrogens (primary N) is 2. The molecule has 0 saturated carbocycles. The third-order valence-corrected chi connectivity index (χ3v) is 1.41. The Balaban J connectivity index is 3.13. The van der Waals surface area contributed by atoms with Crippen LogP contribution < -0.4 is 16.6 Å². The molecule has 0 aromatic carbocycles. The summed E-state index contributed by atoms with van der Waals surface area (Å²) >= 11 is 0. The summed E-state index contributed by atoms with van der Waals surface area (Å²) in [6, 6.07) is 1.89. The predicted octanol–water partition coefficient (Wildman–Crippen LogP) is 0.282. The highest BCUT2D eigenvalue weighted by Gasteiger charge is 2.01. The molecule has 1 aromatic heterocycles. The summed E-state index contributed by atoms with van der Waals surface area (Å²) in [5, 5.41) is 1.45. The van der Waals surface area contributed by atoms with Crippen molar-refractivity contribution < 1.29 is 0 Å². The van der Waals surface area contributed by atoms with Gasteiger partial charge in [0.25, 0.3) is 0 Å². The van der Waals surface area contributed by atoms with Crippen LogP contribution in [0.1, 0.15) is 5.56 Å². The van der Waals surface area contributed by atoms with Gasteiger partial charge >= 0.3 is 0 Å². The molecule has 0 atom stereocenters. The number of rotatable bonds is 1. The van der Waals surface area contributed by atoms with E-state index < -0.39 is 0 Å². The smallest absolute Gasteiger partial charge is 0.148 e. The molecular formula is C7H12N4. The molecule has 0 radical (unpaired) electrons. The molecule has 0 fully saturated rings. The number of aromatic nitrogens is 1. The average Bonchev–Trinajstić information content (AvgIpc) is 1.94. The highest BCUT2D eigenvalue weighted by Crippen LogP contribution is 2.17. The predicted molar refractivity (Wildman–Crippen MR) is 46.0 cm³/mol. The molecule has 0 aliphatic carbocycles. The fourth-order valence-electron chi connectivity index (χ4n) is 0.847. The fourth-order valence-corrected chi connectivity index (χ4v) is 0.847. The van der Waals surface area contributed by atoms with Gasteiger partial charge in [0.05, 0.1) is 5.69 Å². The second-order valence-electron chi connectivity index (χ2n) is 2.53. The molecule has 1 heterocycles. The van der Waals surface area contributed by atoms with Gasteiger partial charge in [-0.1, -0.05) is 0 Å². The van der Waals surface area contributed by atoms with E-state index in [0.29, 0.717) is 5.82 Å². The minimum absolute atomic E-state index is 0.459. The molecule has 0 amide bonds. The van der Waals surface area contributed by atoms with Crippen LogP contribution in [0, 0.1) is 6.92 Å². The summed E-state index contributed by atoms with van der Waals surface area (Å²) in [7, 11) is 1.73. The molecule has 0 unspecified atom stereocenters. The highest BCUT2D eigenvalue weighted by atomic mass is 15.4. The number of nitrogens with zero attached hydrogens (tertiary/aromatic N) is 2. The third-order valence-electron chi connectivity index (χ3n) is 1.41. The van der Waals surface area contributed by atoms with Crippen molar-refractivity contribution in [3.8, 4) is 0 Å². The van der Waals surface area contributed by atoms with Crippen molar-refractivity contribution in [1.29, 1.82) is 0 Å². The van der Waals surface area contributed by atoms with E-state index >= 15 is 0 Å². The summed E-state index contributed by atoms with van der Waals surface area (Å²) in [5.74, 6) is 5.96. The van der Waals surface area contributed by atoms with Crippen LogP contribution in [0.4, 0.5) is 11.5 Å². The Kier molecular flexibility index (Phi) is 1.96. The van der Waals surface area contributed by atoms with Crippen molar-refractivity contribution in [1.82, 2.24) is 4.98 Å². The Bertz CT molecular complexity index is 257. The third kappa shape index (κ3) is 1.59. The number of hydrogen-bond donors (Lipinski definition) is 2. The minimum Gasteiger partial charge on any atom is -0.382 e. The quantitative estimate of drug-likeness (QED) is 0.448. The van der Waals surface area contributed by atoms with E-state index in [1.807, 2.05) is 13.0 Å². The zero-order valence-electron chi connectivity index (χ0n) is 6.70. The molecule has 4 N–H and O–H groups in total. The van der Waals surface area contributed by atoms with Gasteiger partial charge in [-0.15, -0.1) is 0 Å². The molecule has 0 aliphatic heterocycles. The number of aryl methyl sites for hydroxylation is 1. The van der Waals surface area contributed by atoms with Crippen LogP contribution in [0.15, 0.2) is 12.3 Å². The summed E-state index contributed by atoms with van der Waals surface area (Å²) < 4.78 is 0. The average molecular weight is 152 g/mol. The number of pyridine rings is 1. The lowest BCUT2D eigenvalue weighted by Crippen LogP contribution is -2.26. The first kappa shape index (κ1) is 7.81. The van der Waals surface area contributed by atoms with E-state index in [0.717, 1.165) is 11.3 Å². The molecule has 0 spiro atoms. The largest absolute Gasteiger partial charge is 0.382 e. The normalized spacial score (nSPS) is 9.73. The van der Waals surface area contributed by atoms with Crippen LogP contribution in [0.2, 0.25) is 0 Å². The Morgan fingerprint density at radius 3 is 2.64 bits per heavy atom. The van der Waals surface area contributed by atoms with Gasteiger partial charge in [-0.2, -0.15) is 0 Å². The minimum atomic E-state index is 0.459. The van der Waals surface area contributed by atoms with E-state index in [-0.39, 0.29) is 0 Å². The maximum Gasteiger partial charge on any atom is 0.148 e. The van der Waals surface area contributed by atoms with Gasteiger partial charge < -0.3 is 10.7 Å². The van der Waals surface area contributed by atoms with Crippen LogP contribution in [-0.2, 0) is 0 Å². The molecule has 4 heteroatoms. The number of hydrogen-bond acceptors (Lipinski definition) is 4. The van der Waals surface area contributed by atoms with E-state index in [2.05, 4.69) is 4.98 Å². The summed E-state index contributed by atoms with van der Waals surface area (Å²) in [6.45, 7) is 1.94. The highest BCUT2D eigenvalue weighted by molar-refractivity contribution is 5.62. The van der Waals surface area contributed by atoms with Gasteiger partial charge in [-0.05, 0) is 18.6 Å². The Morgan fingerprint density at radius 1 is 1.55 bits per heavy atom. The van der Waals surface area contributed by atoms with Gasteiger partial charge in [0.1, 0.15) is 5.82 Å². The van der Waals surface area contributed by atoms with Crippen LogP contribution in [-0.4, -0.2) is 12.0 Å². The number of hydrazine groups is 1. The van der Waals surface area contributed by atoms with Crippen molar-refractivity contribution in [2.75, 3.05) is 17.8 Å². The summed E-state index contributed by atoms with van der Waals surface area (Å²) in [5.41, 5.74) is 7.36. The molecule has 4 nitrogen and oxygen atoms in total. The van der Waals surface area contributed by atoms with Crippen LogP contribution in [0.25, 0.3) is 0 Å². The Labute approximate surface area is 65.8 Å². The summed E-state index contributed by atoms with van der Waals surface area (Å²) in [4.78, 5) is 3.96. The lowest BCUT2D eigenvalue weighted by molar-refractivity contribution is 1.01. The maximum atomic E-state index is 5.56. The SMILES string of the molecule is Cc1cnc(N)c(N(C)N)c1. The van der Waals surface area contributed by atoms with Gasteiger partial charge in [-0.3, -0.25) is 0 Å². The Morgan fingerprint density at radius 2 is 2.18 bits per heavy atom. The molecule has 60 valence electrons. The van der Waals surface area contributed by atoms with E-state index in [4.69, 9.17) is 11.6 Å². The van der Waals surface area contributed by atoms with Crippen molar-refractivity contribution in [2.24, 2.45) is 5.84 Å². The second kappa shape index (κ2) is 2.75.